The van der Waals surface area contributed by atoms with Gasteiger partial charge in [0, 0.05) is 36.9 Å². The molecule has 0 bridgehead atoms. The largest absolute Gasteiger partial charge is 0.438 e. The van der Waals surface area contributed by atoms with Gasteiger partial charge in [0.15, 0.2) is 18.1 Å². The van der Waals surface area contributed by atoms with Gasteiger partial charge in [0.1, 0.15) is 5.56 Å². The minimum atomic E-state index is -0.825. The molecule has 5 rings (SSSR count). The standard InChI is InChI=1S/C29H24ClN3O4/c1-32-18-24(28(36)31-16-19-10-12-21(30)13-11-19)27(35)23-15-22(37-29(23)32)17-33-14-6-5-9-25(33)26(34)20-7-3-2-4-8-20/h2-15,18,26,34H,16-17H2,1H3/p+1/t26-/m0/s1. The van der Waals surface area contributed by atoms with E-state index in [9.17, 15) is 14.7 Å². The zero-order chi connectivity index (χ0) is 25.9. The average molecular weight is 515 g/mol. The number of hydrogen-bond acceptors (Lipinski definition) is 4. The molecular weight excluding hydrogens is 490 g/mol. The third-order valence-electron chi connectivity index (χ3n) is 6.20. The first-order chi connectivity index (χ1) is 17.9. The van der Waals surface area contributed by atoms with Crippen LogP contribution < -0.4 is 15.3 Å². The number of halogens is 1. The summed E-state index contributed by atoms with van der Waals surface area (Å²) in [6, 6.07) is 23.8. The van der Waals surface area contributed by atoms with Crippen molar-refractivity contribution in [1.82, 2.24) is 9.88 Å². The highest BCUT2D eigenvalue weighted by atomic mass is 35.5. The summed E-state index contributed by atoms with van der Waals surface area (Å²) >= 11 is 5.91. The molecule has 0 saturated carbocycles. The van der Waals surface area contributed by atoms with Gasteiger partial charge in [-0.3, -0.25) is 9.59 Å². The van der Waals surface area contributed by atoms with Crippen molar-refractivity contribution in [2.45, 2.75) is 19.2 Å². The number of fused-ring (bicyclic) bond motifs is 1. The van der Waals surface area contributed by atoms with E-state index in [2.05, 4.69) is 5.32 Å². The van der Waals surface area contributed by atoms with Crippen LogP contribution in [-0.4, -0.2) is 15.6 Å². The summed E-state index contributed by atoms with van der Waals surface area (Å²) in [5.74, 6) is 0.0602. The molecule has 186 valence electrons. The Balaban J connectivity index is 1.41. The molecule has 37 heavy (non-hydrogen) atoms. The molecule has 0 radical (unpaired) electrons. The number of hydrogen-bond donors (Lipinski definition) is 2. The number of aromatic nitrogens is 2. The molecule has 0 spiro atoms. The average Bonchev–Trinajstić information content (AvgIpc) is 3.35. The van der Waals surface area contributed by atoms with Gasteiger partial charge in [-0.05, 0) is 35.4 Å². The zero-order valence-electron chi connectivity index (χ0n) is 20.1. The molecule has 0 aliphatic heterocycles. The van der Waals surface area contributed by atoms with Gasteiger partial charge in [-0.15, -0.1) is 0 Å². The maximum absolute atomic E-state index is 13.2. The Morgan fingerprint density at radius 2 is 1.81 bits per heavy atom. The lowest BCUT2D eigenvalue weighted by Crippen LogP contribution is -2.39. The lowest BCUT2D eigenvalue weighted by molar-refractivity contribution is -0.700. The van der Waals surface area contributed by atoms with E-state index in [4.69, 9.17) is 16.0 Å². The number of furan rings is 1. The summed E-state index contributed by atoms with van der Waals surface area (Å²) in [4.78, 5) is 26.0. The molecule has 2 N–H and O–H groups in total. The van der Waals surface area contributed by atoms with Crippen LogP contribution in [0.5, 0.6) is 0 Å². The lowest BCUT2D eigenvalue weighted by atomic mass is 10.1. The highest BCUT2D eigenvalue weighted by Crippen LogP contribution is 2.21. The van der Waals surface area contributed by atoms with E-state index in [1.54, 1.807) is 29.8 Å². The SMILES string of the molecule is Cn1cc(C(=O)NCc2ccc(Cl)cc2)c(=O)c2cc(C[n+]3ccccc3[C@@H](O)c3ccccc3)oc21. The second-order valence-corrected chi connectivity index (χ2v) is 9.23. The van der Waals surface area contributed by atoms with E-state index in [0.717, 1.165) is 11.1 Å². The van der Waals surface area contributed by atoms with Crippen LogP contribution in [0.1, 0.15) is 39.0 Å². The monoisotopic (exact) mass is 514 g/mol. The summed E-state index contributed by atoms with van der Waals surface area (Å²) < 4.78 is 9.52. The maximum Gasteiger partial charge on any atom is 0.257 e. The van der Waals surface area contributed by atoms with Crippen LogP contribution in [0, 0.1) is 0 Å². The van der Waals surface area contributed by atoms with Gasteiger partial charge >= 0.3 is 0 Å². The van der Waals surface area contributed by atoms with Crippen molar-refractivity contribution in [1.29, 1.82) is 0 Å². The number of carbonyl (C=O) groups is 1. The quantitative estimate of drug-likeness (QED) is 0.320. The summed E-state index contributed by atoms with van der Waals surface area (Å²) in [6.45, 7) is 0.567. The second kappa shape index (κ2) is 10.4. The number of amides is 1. The Morgan fingerprint density at radius 3 is 2.57 bits per heavy atom. The number of aryl methyl sites for hydroxylation is 1. The van der Waals surface area contributed by atoms with Crippen molar-refractivity contribution in [2.75, 3.05) is 0 Å². The van der Waals surface area contributed by atoms with E-state index in [0.29, 0.717) is 34.1 Å². The molecule has 3 aromatic heterocycles. The number of nitrogens with one attached hydrogen (secondary N) is 1. The Morgan fingerprint density at radius 1 is 1.08 bits per heavy atom. The fraction of sp³-hybridized carbons (Fsp3) is 0.138. The molecule has 7 nitrogen and oxygen atoms in total. The van der Waals surface area contributed by atoms with Crippen LogP contribution in [-0.2, 0) is 20.1 Å². The molecule has 1 atom stereocenters. The van der Waals surface area contributed by atoms with Crippen molar-refractivity contribution in [3.8, 4) is 0 Å². The number of rotatable bonds is 7. The van der Waals surface area contributed by atoms with Gasteiger partial charge in [0.2, 0.25) is 23.4 Å². The summed E-state index contributed by atoms with van der Waals surface area (Å²) in [5, 5.41) is 14.7. The summed E-state index contributed by atoms with van der Waals surface area (Å²) in [6.07, 6.45) is 2.51. The van der Waals surface area contributed by atoms with Crippen molar-refractivity contribution < 1.29 is 18.9 Å². The predicted molar refractivity (Wildman–Crippen MR) is 140 cm³/mol. The zero-order valence-corrected chi connectivity index (χ0v) is 20.9. The van der Waals surface area contributed by atoms with Gasteiger partial charge < -0.3 is 19.4 Å². The normalized spacial score (nSPS) is 12.0. The van der Waals surface area contributed by atoms with E-state index in [1.165, 1.54) is 6.20 Å². The van der Waals surface area contributed by atoms with Gasteiger partial charge in [0.25, 0.3) is 5.91 Å². The Labute approximate surface area is 218 Å². The van der Waals surface area contributed by atoms with E-state index in [1.807, 2.05) is 71.4 Å². The minimum absolute atomic E-state index is 0.0314. The first-order valence-corrected chi connectivity index (χ1v) is 12.1. The molecule has 0 fully saturated rings. The molecule has 5 aromatic rings. The second-order valence-electron chi connectivity index (χ2n) is 8.79. The molecule has 8 heteroatoms. The van der Waals surface area contributed by atoms with Gasteiger partial charge in [-0.1, -0.05) is 54.1 Å². The third kappa shape index (κ3) is 5.18. The Hall–Kier alpha value is -4.20. The van der Waals surface area contributed by atoms with Gasteiger partial charge in [0.05, 0.1) is 5.39 Å². The van der Waals surface area contributed by atoms with Crippen molar-refractivity contribution >= 4 is 28.6 Å². The number of aliphatic hydroxyl groups excluding tert-OH is 1. The molecule has 2 aromatic carbocycles. The first kappa shape index (κ1) is 24.5. The topological polar surface area (TPSA) is 88.4 Å². The number of pyridine rings is 2. The van der Waals surface area contributed by atoms with E-state index in [-0.39, 0.29) is 12.1 Å². The number of benzene rings is 2. The number of nitrogens with zero attached hydrogens (tertiary/aromatic N) is 2. The molecule has 0 saturated heterocycles. The minimum Gasteiger partial charge on any atom is -0.438 e. The van der Waals surface area contributed by atoms with Gasteiger partial charge in [-0.2, -0.15) is 4.57 Å². The molecular formula is C29H25ClN3O4+. The van der Waals surface area contributed by atoms with Crippen LogP contribution in [0.3, 0.4) is 0 Å². The van der Waals surface area contributed by atoms with E-state index >= 15 is 0 Å². The highest BCUT2D eigenvalue weighted by molar-refractivity contribution is 6.30. The summed E-state index contributed by atoms with van der Waals surface area (Å²) in [5.41, 5.74) is 2.33. The first-order valence-electron chi connectivity index (χ1n) is 11.8. The number of carbonyl (C=O) groups excluding carboxylic acids is 1. The fourth-order valence-electron chi connectivity index (χ4n) is 4.29. The van der Waals surface area contributed by atoms with Crippen LogP contribution >= 0.6 is 11.6 Å². The van der Waals surface area contributed by atoms with Crippen LogP contribution in [0.2, 0.25) is 5.02 Å². The fourth-order valence-corrected chi connectivity index (χ4v) is 4.41. The molecule has 1 amide bonds. The summed E-state index contributed by atoms with van der Waals surface area (Å²) in [7, 11) is 1.73. The van der Waals surface area contributed by atoms with Crippen LogP contribution in [0.4, 0.5) is 0 Å². The molecule has 0 aliphatic carbocycles. The van der Waals surface area contributed by atoms with Crippen molar-refractivity contribution in [3.05, 3.63) is 135 Å². The Bertz CT molecular complexity index is 1630. The highest BCUT2D eigenvalue weighted by Gasteiger charge is 2.24. The maximum atomic E-state index is 13.2. The molecule has 3 heterocycles. The van der Waals surface area contributed by atoms with E-state index < -0.39 is 17.4 Å². The van der Waals surface area contributed by atoms with Gasteiger partial charge in [-0.25, -0.2) is 0 Å². The predicted octanol–water partition coefficient (Wildman–Crippen LogP) is 4.13. The van der Waals surface area contributed by atoms with Crippen LogP contribution in [0.15, 0.2) is 100 Å². The molecule has 0 unspecified atom stereocenters. The van der Waals surface area contributed by atoms with Crippen LogP contribution in [0.25, 0.3) is 11.1 Å². The van der Waals surface area contributed by atoms with Crippen molar-refractivity contribution in [3.63, 3.8) is 0 Å². The van der Waals surface area contributed by atoms with Crippen molar-refractivity contribution in [2.24, 2.45) is 7.05 Å². The third-order valence-corrected chi connectivity index (χ3v) is 6.46. The smallest absolute Gasteiger partial charge is 0.257 e. The Kier molecular flexibility index (Phi) is 6.90. The number of aliphatic hydroxyl groups is 1. The molecule has 0 aliphatic rings. The lowest BCUT2D eigenvalue weighted by Gasteiger charge is -2.10.